The van der Waals surface area contributed by atoms with Crippen molar-refractivity contribution in [2.24, 2.45) is 0 Å². The first-order valence-electron chi connectivity index (χ1n) is 6.82. The molecule has 1 amide bonds. The van der Waals surface area contributed by atoms with E-state index in [1.807, 2.05) is 27.0 Å². The molecule has 19 heavy (non-hydrogen) atoms. The molecule has 1 aromatic rings. The van der Waals surface area contributed by atoms with Gasteiger partial charge in [-0.2, -0.15) is 0 Å². The highest BCUT2D eigenvalue weighted by molar-refractivity contribution is 5.89. The first-order valence-corrected chi connectivity index (χ1v) is 6.82. The maximum absolute atomic E-state index is 11.8. The Labute approximate surface area is 115 Å². The average Bonchev–Trinajstić information content (AvgIpc) is 2.32. The van der Waals surface area contributed by atoms with Crippen molar-refractivity contribution in [1.29, 1.82) is 0 Å². The van der Waals surface area contributed by atoms with Gasteiger partial charge in [-0.1, -0.05) is 13.3 Å². The predicted molar refractivity (Wildman–Crippen MR) is 77.2 cm³/mol. The molecule has 0 spiro atoms. The molecule has 0 radical (unpaired) electrons. The van der Waals surface area contributed by atoms with Gasteiger partial charge < -0.3 is 4.90 Å². The number of amides is 1. The van der Waals surface area contributed by atoms with Gasteiger partial charge in [0.1, 0.15) is 0 Å². The minimum absolute atomic E-state index is 0.0339. The Kier molecular flexibility index (Phi) is 6.42. The largest absolute Gasteiger partial charge is 0.306 e. The number of aryl methyl sites for hydroxylation is 2. The van der Waals surface area contributed by atoms with Crippen LogP contribution in [0, 0.1) is 13.8 Å². The summed E-state index contributed by atoms with van der Waals surface area (Å²) >= 11 is 0. The molecule has 0 saturated carbocycles. The van der Waals surface area contributed by atoms with Crippen LogP contribution in [0.2, 0.25) is 0 Å². The van der Waals surface area contributed by atoms with Gasteiger partial charge in [0.05, 0.1) is 0 Å². The molecule has 0 unspecified atom stereocenters. The summed E-state index contributed by atoms with van der Waals surface area (Å²) in [6.07, 6.45) is 2.81. The van der Waals surface area contributed by atoms with Crippen LogP contribution in [0.5, 0.6) is 0 Å². The average molecular weight is 264 g/mol. The Morgan fingerprint density at radius 2 is 1.89 bits per heavy atom. The second-order valence-corrected chi connectivity index (χ2v) is 4.93. The van der Waals surface area contributed by atoms with Crippen LogP contribution in [0.15, 0.2) is 6.07 Å². The molecular formula is C14H24N4O. The number of rotatable bonds is 7. The summed E-state index contributed by atoms with van der Waals surface area (Å²) in [7, 11) is 2.04. The van der Waals surface area contributed by atoms with Crippen molar-refractivity contribution in [1.82, 2.24) is 14.9 Å². The quantitative estimate of drug-likeness (QED) is 0.820. The fourth-order valence-electron chi connectivity index (χ4n) is 1.80. The van der Waals surface area contributed by atoms with Crippen molar-refractivity contribution in [2.45, 2.75) is 40.0 Å². The lowest BCUT2D eigenvalue weighted by molar-refractivity contribution is -0.116. The Bertz CT molecular complexity index is 400. The third-order valence-electron chi connectivity index (χ3n) is 2.85. The molecule has 0 aromatic carbocycles. The second-order valence-electron chi connectivity index (χ2n) is 4.93. The van der Waals surface area contributed by atoms with E-state index in [0.717, 1.165) is 30.9 Å². The number of nitrogens with one attached hydrogen (secondary N) is 1. The number of nitrogens with zero attached hydrogens (tertiary/aromatic N) is 3. The number of unbranched alkanes of at least 4 members (excludes halogenated alkanes) is 1. The maximum Gasteiger partial charge on any atom is 0.229 e. The number of carbonyl (C=O) groups excluding carboxylic acids is 1. The van der Waals surface area contributed by atoms with Crippen LogP contribution < -0.4 is 5.32 Å². The van der Waals surface area contributed by atoms with Crippen LogP contribution in [0.3, 0.4) is 0 Å². The minimum Gasteiger partial charge on any atom is -0.306 e. The molecule has 1 heterocycles. The fourth-order valence-corrected chi connectivity index (χ4v) is 1.80. The molecule has 0 aliphatic carbocycles. The highest BCUT2D eigenvalue weighted by Gasteiger charge is 2.07. The Balaban J connectivity index is 2.38. The second kappa shape index (κ2) is 7.84. The topological polar surface area (TPSA) is 58.1 Å². The summed E-state index contributed by atoms with van der Waals surface area (Å²) in [6, 6.07) is 1.88. The van der Waals surface area contributed by atoms with Crippen molar-refractivity contribution in [3.8, 4) is 0 Å². The van der Waals surface area contributed by atoms with Crippen molar-refractivity contribution < 1.29 is 4.79 Å². The van der Waals surface area contributed by atoms with Gasteiger partial charge in [0, 0.05) is 24.4 Å². The summed E-state index contributed by atoms with van der Waals surface area (Å²) in [5, 5.41) is 2.75. The summed E-state index contributed by atoms with van der Waals surface area (Å²) in [5.41, 5.74) is 1.73. The third kappa shape index (κ3) is 6.29. The standard InChI is InChI=1S/C14H24N4O/c1-5-6-8-18(4)9-7-13(19)17-14-15-11(2)10-12(3)16-14/h10H,5-9H2,1-4H3,(H,15,16,17,19). The lowest BCUT2D eigenvalue weighted by Crippen LogP contribution is -2.25. The Hall–Kier alpha value is -1.49. The number of carbonyl (C=O) groups is 1. The van der Waals surface area contributed by atoms with Crippen LogP contribution in [-0.4, -0.2) is 40.9 Å². The SMILES string of the molecule is CCCCN(C)CCC(=O)Nc1nc(C)cc(C)n1. The maximum atomic E-state index is 11.8. The van der Waals surface area contributed by atoms with Gasteiger partial charge in [-0.25, -0.2) is 9.97 Å². The molecule has 106 valence electrons. The minimum atomic E-state index is -0.0339. The smallest absolute Gasteiger partial charge is 0.229 e. The van der Waals surface area contributed by atoms with E-state index < -0.39 is 0 Å². The lowest BCUT2D eigenvalue weighted by Gasteiger charge is -2.15. The monoisotopic (exact) mass is 264 g/mol. The Morgan fingerprint density at radius 3 is 2.47 bits per heavy atom. The summed E-state index contributed by atoms with van der Waals surface area (Å²) < 4.78 is 0. The van der Waals surface area contributed by atoms with Crippen molar-refractivity contribution in [3.63, 3.8) is 0 Å². The zero-order valence-corrected chi connectivity index (χ0v) is 12.4. The molecule has 1 rings (SSSR count). The van der Waals surface area contributed by atoms with Crippen LogP contribution in [0.25, 0.3) is 0 Å². The van der Waals surface area contributed by atoms with Crippen molar-refractivity contribution in [3.05, 3.63) is 17.5 Å². The molecule has 0 atom stereocenters. The Morgan fingerprint density at radius 1 is 1.26 bits per heavy atom. The van der Waals surface area contributed by atoms with Crippen molar-refractivity contribution >= 4 is 11.9 Å². The first kappa shape index (κ1) is 15.6. The molecule has 0 bridgehead atoms. The number of hydrogen-bond acceptors (Lipinski definition) is 4. The zero-order chi connectivity index (χ0) is 14.3. The van der Waals surface area contributed by atoms with Crippen LogP contribution in [0.4, 0.5) is 5.95 Å². The van der Waals surface area contributed by atoms with E-state index in [2.05, 4.69) is 27.1 Å². The number of hydrogen-bond donors (Lipinski definition) is 1. The van der Waals surface area contributed by atoms with Crippen LogP contribution in [0.1, 0.15) is 37.6 Å². The summed E-state index contributed by atoms with van der Waals surface area (Å²) in [6.45, 7) is 7.74. The molecule has 1 N–H and O–H groups in total. The molecule has 5 nitrogen and oxygen atoms in total. The third-order valence-corrected chi connectivity index (χ3v) is 2.85. The van der Waals surface area contributed by atoms with Crippen LogP contribution >= 0.6 is 0 Å². The van der Waals surface area contributed by atoms with Crippen LogP contribution in [-0.2, 0) is 4.79 Å². The highest BCUT2D eigenvalue weighted by atomic mass is 16.1. The van der Waals surface area contributed by atoms with Gasteiger partial charge >= 0.3 is 0 Å². The van der Waals surface area contributed by atoms with Gasteiger partial charge in [0.15, 0.2) is 0 Å². The molecule has 0 aliphatic heterocycles. The molecular weight excluding hydrogens is 240 g/mol. The van der Waals surface area contributed by atoms with Gasteiger partial charge in [0.2, 0.25) is 11.9 Å². The van der Waals surface area contributed by atoms with Gasteiger partial charge in [0.25, 0.3) is 0 Å². The molecule has 0 saturated heterocycles. The van der Waals surface area contributed by atoms with E-state index in [4.69, 9.17) is 0 Å². The summed E-state index contributed by atoms with van der Waals surface area (Å²) in [5.74, 6) is 0.368. The van der Waals surface area contributed by atoms with Gasteiger partial charge in [-0.3, -0.25) is 10.1 Å². The van der Waals surface area contributed by atoms with Gasteiger partial charge in [-0.05, 0) is 39.9 Å². The normalized spacial score (nSPS) is 10.8. The van der Waals surface area contributed by atoms with E-state index in [1.54, 1.807) is 0 Å². The number of anilines is 1. The fraction of sp³-hybridized carbons (Fsp3) is 0.643. The van der Waals surface area contributed by atoms with E-state index in [1.165, 1.54) is 6.42 Å². The first-order chi connectivity index (χ1) is 9.01. The zero-order valence-electron chi connectivity index (χ0n) is 12.4. The highest BCUT2D eigenvalue weighted by Crippen LogP contribution is 2.04. The molecule has 1 aromatic heterocycles. The van der Waals surface area contributed by atoms with E-state index in [-0.39, 0.29) is 5.91 Å². The molecule has 0 aliphatic rings. The van der Waals surface area contributed by atoms with Gasteiger partial charge in [-0.15, -0.1) is 0 Å². The van der Waals surface area contributed by atoms with E-state index in [0.29, 0.717) is 12.4 Å². The molecule has 0 fully saturated rings. The van der Waals surface area contributed by atoms with E-state index >= 15 is 0 Å². The van der Waals surface area contributed by atoms with Crippen molar-refractivity contribution in [2.75, 3.05) is 25.5 Å². The summed E-state index contributed by atoms with van der Waals surface area (Å²) in [4.78, 5) is 22.4. The lowest BCUT2D eigenvalue weighted by atomic mass is 10.3. The number of aromatic nitrogens is 2. The predicted octanol–water partition coefficient (Wildman–Crippen LogP) is 2.15. The van der Waals surface area contributed by atoms with E-state index in [9.17, 15) is 4.79 Å². The molecule has 5 heteroatoms.